The van der Waals surface area contributed by atoms with E-state index in [9.17, 15) is 9.59 Å². The van der Waals surface area contributed by atoms with Crippen molar-refractivity contribution in [2.45, 2.75) is 25.4 Å². The molecule has 15 heavy (non-hydrogen) atoms. The van der Waals surface area contributed by atoms with Gasteiger partial charge in [0.05, 0.1) is 19.2 Å². The van der Waals surface area contributed by atoms with Gasteiger partial charge in [0.25, 0.3) is 0 Å². The molecule has 1 atom stereocenters. The van der Waals surface area contributed by atoms with Crippen LogP contribution in [0.2, 0.25) is 0 Å². The highest BCUT2D eigenvalue weighted by Crippen LogP contribution is 2.15. The fourth-order valence-electron chi connectivity index (χ4n) is 2.05. The Morgan fingerprint density at radius 1 is 1.33 bits per heavy atom. The van der Waals surface area contributed by atoms with Crippen LogP contribution in [0.25, 0.3) is 0 Å². The van der Waals surface area contributed by atoms with Crippen LogP contribution < -0.4 is 5.32 Å². The second-order valence-electron chi connectivity index (χ2n) is 4.11. The molecule has 0 aromatic carbocycles. The summed E-state index contributed by atoms with van der Waals surface area (Å²) < 4.78 is 5.49. The molecule has 84 valence electrons. The molecule has 2 amide bonds. The number of nitrogens with one attached hydrogen (secondary N) is 1. The third kappa shape index (κ3) is 3.00. The van der Waals surface area contributed by atoms with Gasteiger partial charge in [0, 0.05) is 13.2 Å². The molecule has 2 rings (SSSR count). The largest absolute Gasteiger partial charge is 0.378 e. The van der Waals surface area contributed by atoms with Crippen molar-refractivity contribution in [2.24, 2.45) is 0 Å². The lowest BCUT2D eigenvalue weighted by atomic mass is 10.1. The molecule has 5 nitrogen and oxygen atoms in total. The summed E-state index contributed by atoms with van der Waals surface area (Å²) in [4.78, 5) is 24.0. The van der Waals surface area contributed by atoms with Gasteiger partial charge >= 0.3 is 0 Å². The predicted octanol–water partition coefficient (Wildman–Crippen LogP) is -0.486. The van der Waals surface area contributed by atoms with Crippen molar-refractivity contribution in [3.63, 3.8) is 0 Å². The lowest BCUT2D eigenvalue weighted by molar-refractivity contribution is -0.136. The van der Waals surface area contributed by atoms with Crippen molar-refractivity contribution >= 4 is 11.8 Å². The lowest BCUT2D eigenvalue weighted by Crippen LogP contribution is -2.51. The molecular formula is C10H16N2O3. The molecule has 5 heteroatoms. The van der Waals surface area contributed by atoms with Gasteiger partial charge in [-0.15, -0.1) is 0 Å². The van der Waals surface area contributed by atoms with Crippen LogP contribution in [0.4, 0.5) is 0 Å². The molecule has 0 aliphatic carbocycles. The summed E-state index contributed by atoms with van der Waals surface area (Å²) in [5.41, 5.74) is 0. The molecule has 0 bridgehead atoms. The Morgan fingerprint density at radius 2 is 2.07 bits per heavy atom. The fraction of sp³-hybridized carbons (Fsp3) is 0.800. The minimum atomic E-state index is -0.196. The molecule has 0 radical (unpaired) electrons. The normalized spacial score (nSPS) is 28.1. The molecule has 0 spiro atoms. The zero-order valence-corrected chi connectivity index (χ0v) is 8.70. The van der Waals surface area contributed by atoms with Crippen LogP contribution in [-0.4, -0.2) is 49.1 Å². The zero-order valence-electron chi connectivity index (χ0n) is 8.70. The molecule has 0 saturated carbocycles. The monoisotopic (exact) mass is 212 g/mol. The van der Waals surface area contributed by atoms with Crippen molar-refractivity contribution in [1.82, 2.24) is 10.2 Å². The van der Waals surface area contributed by atoms with Crippen molar-refractivity contribution in [3.8, 4) is 0 Å². The van der Waals surface area contributed by atoms with Crippen LogP contribution in [0.5, 0.6) is 0 Å². The van der Waals surface area contributed by atoms with E-state index >= 15 is 0 Å². The van der Waals surface area contributed by atoms with Crippen LogP contribution in [0.15, 0.2) is 0 Å². The first kappa shape index (κ1) is 10.6. The Hall–Kier alpha value is -0.940. The van der Waals surface area contributed by atoms with Gasteiger partial charge in [0.15, 0.2) is 0 Å². The minimum absolute atomic E-state index is 0.196. The van der Waals surface area contributed by atoms with E-state index in [0.29, 0.717) is 19.2 Å². The minimum Gasteiger partial charge on any atom is -0.378 e. The molecule has 2 aliphatic rings. The van der Waals surface area contributed by atoms with Gasteiger partial charge in [0.1, 0.15) is 0 Å². The first-order chi connectivity index (χ1) is 7.24. The number of carbonyl (C=O) groups is 2. The topological polar surface area (TPSA) is 58.6 Å². The molecule has 2 aliphatic heterocycles. The van der Waals surface area contributed by atoms with E-state index in [-0.39, 0.29) is 11.8 Å². The van der Waals surface area contributed by atoms with Gasteiger partial charge in [0.2, 0.25) is 11.8 Å². The summed E-state index contributed by atoms with van der Waals surface area (Å²) in [6, 6.07) is 0. The molecular weight excluding hydrogens is 196 g/mol. The van der Waals surface area contributed by atoms with E-state index < -0.39 is 0 Å². The Balaban J connectivity index is 1.73. The van der Waals surface area contributed by atoms with Gasteiger partial charge in [-0.25, -0.2) is 0 Å². The third-order valence-corrected chi connectivity index (χ3v) is 2.80. The van der Waals surface area contributed by atoms with E-state index in [1.807, 2.05) is 4.90 Å². The number of hydrogen-bond donors (Lipinski definition) is 1. The maximum absolute atomic E-state index is 11.1. The summed E-state index contributed by atoms with van der Waals surface area (Å²) in [6.45, 7) is 2.28. The van der Waals surface area contributed by atoms with E-state index in [0.717, 1.165) is 32.4 Å². The van der Waals surface area contributed by atoms with E-state index in [1.54, 1.807) is 0 Å². The van der Waals surface area contributed by atoms with Gasteiger partial charge in [-0.05, 0) is 19.3 Å². The number of ether oxygens (including phenoxy) is 1. The molecule has 0 aromatic rings. The van der Waals surface area contributed by atoms with E-state index in [2.05, 4.69) is 5.32 Å². The first-order valence-electron chi connectivity index (χ1n) is 5.40. The number of amides is 2. The van der Waals surface area contributed by atoms with Crippen LogP contribution in [0.1, 0.15) is 19.3 Å². The molecule has 0 aromatic heterocycles. The van der Waals surface area contributed by atoms with Crippen molar-refractivity contribution < 1.29 is 14.3 Å². The molecule has 2 heterocycles. The first-order valence-corrected chi connectivity index (χ1v) is 5.40. The standard InChI is InChI=1S/C10H16N2O3/c13-9-6-12(7-10(14)11-9)4-3-8-2-1-5-15-8/h8H,1-7H2,(H,11,13,14). The van der Waals surface area contributed by atoms with E-state index in [4.69, 9.17) is 4.74 Å². The highest BCUT2D eigenvalue weighted by molar-refractivity contribution is 5.99. The zero-order chi connectivity index (χ0) is 10.7. The summed E-state index contributed by atoms with van der Waals surface area (Å²) in [5, 5.41) is 2.29. The summed E-state index contributed by atoms with van der Waals surface area (Å²) in [5.74, 6) is -0.391. The SMILES string of the molecule is O=C1CN(CCC2CCCO2)CC(=O)N1. The number of imide groups is 1. The number of hydrogen-bond acceptors (Lipinski definition) is 4. The van der Waals surface area contributed by atoms with Crippen LogP contribution in [0.3, 0.4) is 0 Å². The average molecular weight is 212 g/mol. The van der Waals surface area contributed by atoms with Gasteiger partial charge < -0.3 is 4.74 Å². The third-order valence-electron chi connectivity index (χ3n) is 2.80. The quantitative estimate of drug-likeness (QED) is 0.642. The van der Waals surface area contributed by atoms with E-state index in [1.165, 1.54) is 0 Å². The number of nitrogens with zero attached hydrogens (tertiary/aromatic N) is 1. The summed E-state index contributed by atoms with van der Waals surface area (Å²) in [6.07, 6.45) is 3.48. The Morgan fingerprint density at radius 3 is 2.67 bits per heavy atom. The highest BCUT2D eigenvalue weighted by Gasteiger charge is 2.23. The average Bonchev–Trinajstić information content (AvgIpc) is 2.65. The fourth-order valence-corrected chi connectivity index (χ4v) is 2.05. The lowest BCUT2D eigenvalue weighted by Gasteiger charge is -2.25. The van der Waals surface area contributed by atoms with Crippen molar-refractivity contribution in [2.75, 3.05) is 26.2 Å². The summed E-state index contributed by atoms with van der Waals surface area (Å²) >= 11 is 0. The summed E-state index contributed by atoms with van der Waals surface area (Å²) in [7, 11) is 0. The second kappa shape index (κ2) is 4.72. The van der Waals surface area contributed by atoms with Crippen molar-refractivity contribution in [1.29, 1.82) is 0 Å². The Labute approximate surface area is 88.8 Å². The molecule has 1 N–H and O–H groups in total. The van der Waals surface area contributed by atoms with Gasteiger partial charge in [-0.3, -0.25) is 19.8 Å². The van der Waals surface area contributed by atoms with Gasteiger partial charge in [-0.1, -0.05) is 0 Å². The Bertz CT molecular complexity index is 245. The predicted molar refractivity (Wildman–Crippen MR) is 53.2 cm³/mol. The second-order valence-corrected chi connectivity index (χ2v) is 4.11. The maximum atomic E-state index is 11.1. The van der Waals surface area contributed by atoms with Gasteiger partial charge in [-0.2, -0.15) is 0 Å². The Kier molecular flexibility index (Phi) is 3.33. The number of rotatable bonds is 3. The van der Waals surface area contributed by atoms with Crippen LogP contribution in [-0.2, 0) is 14.3 Å². The highest BCUT2D eigenvalue weighted by atomic mass is 16.5. The molecule has 2 saturated heterocycles. The number of carbonyl (C=O) groups excluding carboxylic acids is 2. The molecule has 2 fully saturated rings. The van der Waals surface area contributed by atoms with Crippen LogP contribution >= 0.6 is 0 Å². The van der Waals surface area contributed by atoms with Crippen LogP contribution in [0, 0.1) is 0 Å². The number of piperazine rings is 1. The maximum Gasteiger partial charge on any atom is 0.240 e. The smallest absolute Gasteiger partial charge is 0.240 e. The van der Waals surface area contributed by atoms with Crippen molar-refractivity contribution in [3.05, 3.63) is 0 Å². The molecule has 1 unspecified atom stereocenters.